The molecule has 1 unspecified atom stereocenters. The van der Waals surface area contributed by atoms with Crippen LogP contribution < -0.4 is 5.32 Å². The third kappa shape index (κ3) is 3.82. The van der Waals surface area contributed by atoms with Gasteiger partial charge in [-0.1, -0.05) is 0 Å². The van der Waals surface area contributed by atoms with Crippen LogP contribution in [0.5, 0.6) is 0 Å². The first-order valence-electron chi connectivity index (χ1n) is 9.74. The van der Waals surface area contributed by atoms with E-state index >= 15 is 0 Å². The third-order valence-electron chi connectivity index (χ3n) is 5.42. The van der Waals surface area contributed by atoms with Crippen molar-refractivity contribution in [3.05, 3.63) is 34.0 Å². The molecule has 1 aliphatic rings. The molecule has 1 N–H and O–H groups in total. The molecule has 0 spiro atoms. The zero-order chi connectivity index (χ0) is 19.7. The smallest absolute Gasteiger partial charge is 0.219 e. The fourth-order valence-electron chi connectivity index (χ4n) is 4.08. The summed E-state index contributed by atoms with van der Waals surface area (Å²) < 4.78 is 2.04. The predicted molar refractivity (Wildman–Crippen MR) is 106 cm³/mol. The van der Waals surface area contributed by atoms with Crippen LogP contribution in [0.3, 0.4) is 0 Å². The minimum absolute atomic E-state index is 0.0934. The van der Waals surface area contributed by atoms with Gasteiger partial charge < -0.3 is 10.2 Å². The molecule has 0 bridgehead atoms. The summed E-state index contributed by atoms with van der Waals surface area (Å²) in [6.45, 7) is 14.3. The van der Waals surface area contributed by atoms with E-state index in [1.807, 2.05) is 16.5 Å². The van der Waals surface area contributed by atoms with Crippen molar-refractivity contribution in [1.29, 1.82) is 0 Å². The molecule has 1 atom stereocenters. The number of aromatic nitrogens is 4. The summed E-state index contributed by atoms with van der Waals surface area (Å²) in [5.41, 5.74) is 5.65. The molecule has 1 aliphatic heterocycles. The minimum atomic E-state index is 0.0934. The molecule has 7 heteroatoms. The zero-order valence-corrected chi connectivity index (χ0v) is 17.3. The first kappa shape index (κ1) is 19.3. The van der Waals surface area contributed by atoms with Crippen molar-refractivity contribution in [2.75, 3.05) is 18.4 Å². The molecule has 7 nitrogen and oxygen atoms in total. The van der Waals surface area contributed by atoms with E-state index in [9.17, 15) is 4.79 Å². The van der Waals surface area contributed by atoms with Crippen LogP contribution in [0, 0.1) is 20.8 Å². The first-order chi connectivity index (χ1) is 12.8. The molecule has 2 aromatic rings. The third-order valence-corrected chi connectivity index (χ3v) is 5.42. The molecule has 0 saturated heterocycles. The van der Waals surface area contributed by atoms with Gasteiger partial charge in [-0.25, -0.2) is 9.97 Å². The van der Waals surface area contributed by atoms with E-state index in [0.717, 1.165) is 54.5 Å². The van der Waals surface area contributed by atoms with Crippen molar-refractivity contribution in [3.63, 3.8) is 0 Å². The van der Waals surface area contributed by atoms with Gasteiger partial charge in [0.2, 0.25) is 5.91 Å². The number of carbonyl (C=O) groups is 1. The van der Waals surface area contributed by atoms with Crippen LogP contribution in [0.4, 0.5) is 5.82 Å². The standard InChI is InChI=1S/C20H30N6O/c1-7-26-14(4)19(13(3)24-26)12(2)21-20-17-8-10-25(16(6)27)11-9-18(17)22-15(5)23-20/h12H,7-11H2,1-6H3,(H,21,22,23). The summed E-state index contributed by atoms with van der Waals surface area (Å²) in [6.07, 6.45) is 1.55. The summed E-state index contributed by atoms with van der Waals surface area (Å²) in [5, 5.41) is 8.25. The van der Waals surface area contributed by atoms with Crippen molar-refractivity contribution in [1.82, 2.24) is 24.6 Å². The molecule has 3 rings (SSSR count). The second-order valence-electron chi connectivity index (χ2n) is 7.32. The lowest BCUT2D eigenvalue weighted by Gasteiger charge is -2.20. The first-order valence-corrected chi connectivity index (χ1v) is 9.74. The number of aryl methyl sites for hydroxylation is 3. The molecule has 0 saturated carbocycles. The molecule has 146 valence electrons. The number of rotatable bonds is 4. The van der Waals surface area contributed by atoms with Gasteiger partial charge in [0.15, 0.2) is 0 Å². The Morgan fingerprint density at radius 1 is 1.19 bits per heavy atom. The Balaban J connectivity index is 1.91. The maximum absolute atomic E-state index is 11.8. The number of carbonyl (C=O) groups excluding carboxylic acids is 1. The number of amides is 1. The van der Waals surface area contributed by atoms with Gasteiger partial charge in [-0.3, -0.25) is 9.48 Å². The van der Waals surface area contributed by atoms with Crippen molar-refractivity contribution in [2.24, 2.45) is 0 Å². The molecular weight excluding hydrogens is 340 g/mol. The monoisotopic (exact) mass is 370 g/mol. The van der Waals surface area contributed by atoms with Gasteiger partial charge in [-0.15, -0.1) is 0 Å². The molecule has 1 amide bonds. The van der Waals surface area contributed by atoms with Gasteiger partial charge in [0, 0.05) is 49.8 Å². The van der Waals surface area contributed by atoms with E-state index in [1.54, 1.807) is 6.92 Å². The summed E-state index contributed by atoms with van der Waals surface area (Å²) >= 11 is 0. The van der Waals surface area contributed by atoms with Crippen LogP contribution in [0.25, 0.3) is 0 Å². The number of anilines is 1. The van der Waals surface area contributed by atoms with Gasteiger partial charge in [0.25, 0.3) is 0 Å². The van der Waals surface area contributed by atoms with Crippen molar-refractivity contribution in [2.45, 2.75) is 67.0 Å². The summed E-state index contributed by atoms with van der Waals surface area (Å²) in [5.74, 6) is 1.77. The van der Waals surface area contributed by atoms with Gasteiger partial charge >= 0.3 is 0 Å². The average molecular weight is 371 g/mol. The normalized spacial score (nSPS) is 15.3. The molecule has 0 aliphatic carbocycles. The Kier molecular flexibility index (Phi) is 5.48. The Morgan fingerprint density at radius 2 is 1.89 bits per heavy atom. The fourth-order valence-corrected chi connectivity index (χ4v) is 4.08. The van der Waals surface area contributed by atoms with Crippen LogP contribution in [0.1, 0.15) is 60.8 Å². The highest BCUT2D eigenvalue weighted by atomic mass is 16.2. The van der Waals surface area contributed by atoms with Crippen molar-refractivity contribution in [3.8, 4) is 0 Å². The maximum Gasteiger partial charge on any atom is 0.219 e. The van der Waals surface area contributed by atoms with E-state index in [1.165, 1.54) is 11.3 Å². The minimum Gasteiger partial charge on any atom is -0.363 e. The van der Waals surface area contributed by atoms with Crippen LogP contribution in [0.2, 0.25) is 0 Å². The van der Waals surface area contributed by atoms with E-state index in [2.05, 4.69) is 43.1 Å². The van der Waals surface area contributed by atoms with Crippen LogP contribution in [0.15, 0.2) is 0 Å². The quantitative estimate of drug-likeness (QED) is 0.896. The molecule has 27 heavy (non-hydrogen) atoms. The number of nitrogens with zero attached hydrogens (tertiary/aromatic N) is 5. The highest BCUT2D eigenvalue weighted by Crippen LogP contribution is 2.28. The number of hydrogen-bond donors (Lipinski definition) is 1. The molecule has 3 heterocycles. The van der Waals surface area contributed by atoms with E-state index in [0.29, 0.717) is 6.54 Å². The van der Waals surface area contributed by atoms with Crippen LogP contribution >= 0.6 is 0 Å². The van der Waals surface area contributed by atoms with E-state index < -0.39 is 0 Å². The SMILES string of the molecule is CCn1nc(C)c(C(C)Nc2nc(C)nc3c2CCN(C(C)=O)CC3)c1C. The summed E-state index contributed by atoms with van der Waals surface area (Å²) in [4.78, 5) is 23.0. The lowest BCUT2D eigenvalue weighted by atomic mass is 10.0. The molecule has 2 aromatic heterocycles. The highest BCUT2D eigenvalue weighted by Gasteiger charge is 2.23. The largest absolute Gasteiger partial charge is 0.363 e. The summed E-state index contributed by atoms with van der Waals surface area (Å²) in [7, 11) is 0. The average Bonchev–Trinajstić information content (AvgIpc) is 2.77. The molecular formula is C20H30N6O. The van der Waals surface area contributed by atoms with E-state index in [4.69, 9.17) is 4.98 Å². The van der Waals surface area contributed by atoms with Gasteiger partial charge in [0.1, 0.15) is 11.6 Å². The highest BCUT2D eigenvalue weighted by molar-refractivity contribution is 5.73. The topological polar surface area (TPSA) is 75.9 Å². The second kappa shape index (κ2) is 7.66. The summed E-state index contributed by atoms with van der Waals surface area (Å²) in [6, 6.07) is 0.0934. The Morgan fingerprint density at radius 3 is 2.52 bits per heavy atom. The molecule has 0 fully saturated rings. The molecule has 0 radical (unpaired) electrons. The second-order valence-corrected chi connectivity index (χ2v) is 7.32. The van der Waals surface area contributed by atoms with Crippen LogP contribution in [-0.2, 0) is 24.2 Å². The molecule has 0 aromatic carbocycles. The zero-order valence-electron chi connectivity index (χ0n) is 17.3. The van der Waals surface area contributed by atoms with Gasteiger partial charge in [0.05, 0.1) is 17.4 Å². The lowest BCUT2D eigenvalue weighted by Crippen LogP contribution is -2.31. The van der Waals surface area contributed by atoms with E-state index in [-0.39, 0.29) is 11.9 Å². The number of hydrogen-bond acceptors (Lipinski definition) is 5. The lowest BCUT2D eigenvalue weighted by molar-refractivity contribution is -0.128. The predicted octanol–water partition coefficient (Wildman–Crippen LogP) is 2.74. The number of fused-ring (bicyclic) bond motifs is 1. The Labute approximate surface area is 161 Å². The Hall–Kier alpha value is -2.44. The fraction of sp³-hybridized carbons (Fsp3) is 0.600. The van der Waals surface area contributed by atoms with Crippen molar-refractivity contribution >= 4 is 11.7 Å². The van der Waals surface area contributed by atoms with Crippen molar-refractivity contribution < 1.29 is 4.79 Å². The van der Waals surface area contributed by atoms with Crippen LogP contribution in [-0.4, -0.2) is 43.6 Å². The van der Waals surface area contributed by atoms with Gasteiger partial charge in [-0.05, 0) is 41.0 Å². The Bertz CT molecular complexity index is 857. The van der Waals surface area contributed by atoms with Gasteiger partial charge in [-0.2, -0.15) is 5.10 Å². The maximum atomic E-state index is 11.8. The number of nitrogens with one attached hydrogen (secondary N) is 1.